The van der Waals surface area contributed by atoms with E-state index < -0.39 is 0 Å². The molecular formula is C11H12N4O2. The second-order valence-corrected chi connectivity index (χ2v) is 3.91. The second-order valence-electron chi connectivity index (χ2n) is 3.91. The Labute approximate surface area is 98.1 Å². The summed E-state index contributed by atoms with van der Waals surface area (Å²) in [5.41, 5.74) is 7.40. The highest BCUT2D eigenvalue weighted by molar-refractivity contribution is 5.99. The van der Waals surface area contributed by atoms with Crippen molar-refractivity contribution in [2.75, 3.05) is 29.9 Å². The summed E-state index contributed by atoms with van der Waals surface area (Å²) in [5.74, 6) is 1.05. The van der Waals surface area contributed by atoms with E-state index in [4.69, 9.17) is 10.5 Å². The van der Waals surface area contributed by atoms with Gasteiger partial charge in [0.15, 0.2) is 12.6 Å². The highest BCUT2D eigenvalue weighted by Gasteiger charge is 2.20. The van der Waals surface area contributed by atoms with Crippen LogP contribution in [0.4, 0.5) is 11.4 Å². The molecule has 0 aromatic heterocycles. The van der Waals surface area contributed by atoms with Crippen molar-refractivity contribution in [3.8, 4) is 5.75 Å². The van der Waals surface area contributed by atoms with Gasteiger partial charge in [-0.3, -0.25) is 9.79 Å². The van der Waals surface area contributed by atoms with Gasteiger partial charge in [-0.1, -0.05) is 0 Å². The SMILES string of the molecule is NC1=NCCN1c1ccc2c(c1)OCC(=O)N2. The van der Waals surface area contributed by atoms with Crippen molar-refractivity contribution >= 4 is 23.2 Å². The van der Waals surface area contributed by atoms with Crippen molar-refractivity contribution in [1.82, 2.24) is 0 Å². The molecule has 0 saturated heterocycles. The second kappa shape index (κ2) is 3.65. The Bertz CT molecular complexity index is 512. The summed E-state index contributed by atoms with van der Waals surface area (Å²) in [6.45, 7) is 1.54. The molecule has 3 rings (SSSR count). The van der Waals surface area contributed by atoms with Crippen molar-refractivity contribution in [2.24, 2.45) is 10.7 Å². The van der Waals surface area contributed by atoms with Crippen LogP contribution in [0.15, 0.2) is 23.2 Å². The first kappa shape index (κ1) is 9.95. The Morgan fingerprint density at radius 2 is 2.35 bits per heavy atom. The third kappa shape index (κ3) is 1.67. The van der Waals surface area contributed by atoms with Crippen molar-refractivity contribution in [3.05, 3.63) is 18.2 Å². The van der Waals surface area contributed by atoms with Gasteiger partial charge in [0.2, 0.25) is 0 Å². The molecule has 88 valence electrons. The number of nitrogens with zero attached hydrogens (tertiary/aromatic N) is 2. The van der Waals surface area contributed by atoms with Crippen LogP contribution in [0.5, 0.6) is 5.75 Å². The van der Waals surface area contributed by atoms with Crippen LogP contribution in [-0.4, -0.2) is 31.6 Å². The van der Waals surface area contributed by atoms with Crippen molar-refractivity contribution in [3.63, 3.8) is 0 Å². The topological polar surface area (TPSA) is 79.9 Å². The Morgan fingerprint density at radius 3 is 3.12 bits per heavy atom. The zero-order valence-corrected chi connectivity index (χ0v) is 9.14. The van der Waals surface area contributed by atoms with Crippen molar-refractivity contribution in [2.45, 2.75) is 0 Å². The average Bonchev–Trinajstić information content (AvgIpc) is 2.75. The zero-order chi connectivity index (χ0) is 11.8. The molecule has 0 spiro atoms. The maximum Gasteiger partial charge on any atom is 0.262 e. The quantitative estimate of drug-likeness (QED) is 0.722. The number of nitrogens with two attached hydrogens (primary N) is 1. The largest absolute Gasteiger partial charge is 0.482 e. The molecule has 6 heteroatoms. The molecule has 3 N–H and O–H groups in total. The van der Waals surface area contributed by atoms with E-state index in [9.17, 15) is 4.79 Å². The van der Waals surface area contributed by atoms with Gasteiger partial charge in [-0.15, -0.1) is 0 Å². The van der Waals surface area contributed by atoms with Crippen molar-refractivity contribution in [1.29, 1.82) is 0 Å². The smallest absolute Gasteiger partial charge is 0.262 e. The molecule has 2 aliphatic rings. The molecule has 2 aliphatic heterocycles. The van der Waals surface area contributed by atoms with Gasteiger partial charge < -0.3 is 20.7 Å². The molecular weight excluding hydrogens is 220 g/mol. The number of fused-ring (bicyclic) bond motifs is 1. The minimum Gasteiger partial charge on any atom is -0.482 e. The average molecular weight is 232 g/mol. The molecule has 0 unspecified atom stereocenters. The first-order valence-electron chi connectivity index (χ1n) is 5.38. The van der Waals surface area contributed by atoms with E-state index >= 15 is 0 Å². The van der Waals surface area contributed by atoms with E-state index in [1.165, 1.54) is 0 Å². The number of hydrogen-bond donors (Lipinski definition) is 2. The van der Waals surface area contributed by atoms with Crippen LogP contribution in [0.2, 0.25) is 0 Å². The molecule has 17 heavy (non-hydrogen) atoms. The van der Waals surface area contributed by atoms with Crippen LogP contribution in [0.25, 0.3) is 0 Å². The fourth-order valence-corrected chi connectivity index (χ4v) is 1.96. The summed E-state index contributed by atoms with van der Waals surface area (Å²) in [7, 11) is 0. The van der Waals surface area contributed by atoms with Crippen molar-refractivity contribution < 1.29 is 9.53 Å². The summed E-state index contributed by atoms with van der Waals surface area (Å²) in [5, 5.41) is 2.74. The van der Waals surface area contributed by atoms with E-state index in [0.29, 0.717) is 23.9 Å². The summed E-state index contributed by atoms with van der Waals surface area (Å²) in [6.07, 6.45) is 0. The first-order chi connectivity index (χ1) is 8.24. The molecule has 0 saturated carbocycles. The molecule has 1 aromatic rings. The first-order valence-corrected chi connectivity index (χ1v) is 5.38. The lowest BCUT2D eigenvalue weighted by Crippen LogP contribution is -2.34. The fourth-order valence-electron chi connectivity index (χ4n) is 1.96. The van der Waals surface area contributed by atoms with Crippen LogP contribution >= 0.6 is 0 Å². The molecule has 1 aromatic carbocycles. The number of anilines is 2. The minimum atomic E-state index is -0.132. The number of hydrogen-bond acceptors (Lipinski definition) is 5. The number of amides is 1. The van der Waals surface area contributed by atoms with Crippen LogP contribution < -0.4 is 20.7 Å². The number of guanidine groups is 1. The van der Waals surface area contributed by atoms with Crippen LogP contribution in [-0.2, 0) is 4.79 Å². The third-order valence-corrected chi connectivity index (χ3v) is 2.78. The standard InChI is InChI=1S/C11H12N4O2/c12-11-13-3-4-15(11)7-1-2-8-9(5-7)17-6-10(16)14-8/h1-2,5H,3-4,6H2,(H2,12,13)(H,14,16). The number of benzene rings is 1. The normalized spacial score (nSPS) is 18.2. The van der Waals surface area contributed by atoms with Gasteiger partial charge in [-0.05, 0) is 12.1 Å². The highest BCUT2D eigenvalue weighted by atomic mass is 16.5. The number of rotatable bonds is 1. The lowest BCUT2D eigenvalue weighted by molar-refractivity contribution is -0.118. The van der Waals surface area contributed by atoms with Gasteiger partial charge in [0.25, 0.3) is 5.91 Å². The molecule has 0 aliphatic carbocycles. The van der Waals surface area contributed by atoms with E-state index in [-0.39, 0.29) is 12.5 Å². The summed E-state index contributed by atoms with van der Waals surface area (Å²) >= 11 is 0. The maximum absolute atomic E-state index is 11.1. The Morgan fingerprint density at radius 1 is 1.47 bits per heavy atom. The van der Waals surface area contributed by atoms with Gasteiger partial charge >= 0.3 is 0 Å². The fraction of sp³-hybridized carbons (Fsp3) is 0.273. The zero-order valence-electron chi connectivity index (χ0n) is 9.14. The van der Waals surface area contributed by atoms with E-state index in [0.717, 1.165) is 12.2 Å². The maximum atomic E-state index is 11.1. The molecule has 0 atom stereocenters. The molecule has 2 heterocycles. The van der Waals surface area contributed by atoms with Gasteiger partial charge in [-0.2, -0.15) is 0 Å². The van der Waals surface area contributed by atoms with Crippen LogP contribution in [0, 0.1) is 0 Å². The van der Waals surface area contributed by atoms with E-state index in [1.54, 1.807) is 0 Å². The van der Waals surface area contributed by atoms with Crippen LogP contribution in [0.1, 0.15) is 0 Å². The predicted molar refractivity (Wildman–Crippen MR) is 64.4 cm³/mol. The van der Waals surface area contributed by atoms with Gasteiger partial charge in [-0.25, -0.2) is 0 Å². The van der Waals surface area contributed by atoms with E-state index in [2.05, 4.69) is 10.3 Å². The van der Waals surface area contributed by atoms with Crippen LogP contribution in [0.3, 0.4) is 0 Å². The number of aliphatic imine (C=N–C) groups is 1. The Kier molecular flexibility index (Phi) is 2.14. The number of carbonyl (C=O) groups excluding carboxylic acids is 1. The lowest BCUT2D eigenvalue weighted by atomic mass is 10.2. The lowest BCUT2D eigenvalue weighted by Gasteiger charge is -2.22. The monoisotopic (exact) mass is 232 g/mol. The Balaban J connectivity index is 1.93. The third-order valence-electron chi connectivity index (χ3n) is 2.78. The highest BCUT2D eigenvalue weighted by Crippen LogP contribution is 2.32. The molecule has 0 radical (unpaired) electrons. The minimum absolute atomic E-state index is 0.0556. The summed E-state index contributed by atoms with van der Waals surface area (Å²) in [4.78, 5) is 17.2. The summed E-state index contributed by atoms with van der Waals surface area (Å²) < 4.78 is 5.35. The summed E-state index contributed by atoms with van der Waals surface area (Å²) in [6, 6.07) is 5.57. The molecule has 0 fully saturated rings. The van der Waals surface area contributed by atoms with Gasteiger partial charge in [0.1, 0.15) is 5.75 Å². The van der Waals surface area contributed by atoms with Gasteiger partial charge in [0.05, 0.1) is 12.2 Å². The predicted octanol–water partition coefficient (Wildman–Crippen LogP) is 0.152. The molecule has 1 amide bonds. The molecule has 0 bridgehead atoms. The van der Waals surface area contributed by atoms with Gasteiger partial charge in [0, 0.05) is 18.3 Å². The Hall–Kier alpha value is -2.24. The number of nitrogens with one attached hydrogen (secondary N) is 1. The van der Waals surface area contributed by atoms with E-state index in [1.807, 2.05) is 23.1 Å². The molecule has 6 nitrogen and oxygen atoms in total. The number of carbonyl (C=O) groups is 1. The number of ether oxygens (including phenoxy) is 1.